The van der Waals surface area contributed by atoms with E-state index in [1.807, 2.05) is 52.6 Å². The molecule has 0 aliphatic heterocycles. The lowest BCUT2D eigenvalue weighted by atomic mass is 10.2. The second-order valence-corrected chi connectivity index (χ2v) is 6.70. The maximum atomic E-state index is 12.3. The van der Waals surface area contributed by atoms with Crippen molar-refractivity contribution >= 4 is 38.8 Å². The molecule has 128 valence electrons. The lowest BCUT2D eigenvalue weighted by molar-refractivity contribution is -0.115. The second-order valence-electron chi connectivity index (χ2n) is 5.83. The quantitative estimate of drug-likeness (QED) is 0.578. The van der Waals surface area contributed by atoms with Crippen molar-refractivity contribution in [1.29, 1.82) is 0 Å². The number of hydrogen-bond donors (Lipinski definition) is 1. The number of benzene rings is 1. The van der Waals surface area contributed by atoms with Crippen LogP contribution in [0.15, 0.2) is 48.2 Å². The molecule has 0 spiro atoms. The van der Waals surface area contributed by atoms with Crippen LogP contribution in [-0.2, 0) is 22.5 Å². The van der Waals surface area contributed by atoms with Gasteiger partial charge < -0.3 is 14.6 Å². The number of thiazole rings is 1. The Morgan fingerprint density at radius 1 is 1.32 bits per heavy atom. The number of hydrogen-bond acceptors (Lipinski definition) is 4. The summed E-state index contributed by atoms with van der Waals surface area (Å²) in [6, 6.07) is 7.98. The summed E-state index contributed by atoms with van der Waals surface area (Å²) in [7, 11) is 1.70. The summed E-state index contributed by atoms with van der Waals surface area (Å²) in [5, 5.41) is 6.02. The van der Waals surface area contributed by atoms with Gasteiger partial charge in [0.05, 0.1) is 18.7 Å². The van der Waals surface area contributed by atoms with Crippen LogP contribution in [0.1, 0.15) is 5.69 Å². The fourth-order valence-corrected chi connectivity index (χ4v) is 3.61. The van der Waals surface area contributed by atoms with E-state index in [1.165, 1.54) is 0 Å². The van der Waals surface area contributed by atoms with Crippen LogP contribution >= 0.6 is 11.3 Å². The molecule has 4 aromatic rings. The Kier molecular flexibility index (Phi) is 4.25. The van der Waals surface area contributed by atoms with E-state index in [2.05, 4.69) is 14.9 Å². The fourth-order valence-electron chi connectivity index (χ4n) is 2.89. The van der Waals surface area contributed by atoms with Gasteiger partial charge in [-0.25, -0.2) is 4.98 Å². The van der Waals surface area contributed by atoms with Crippen LogP contribution < -0.4 is 5.32 Å². The number of rotatable bonds is 6. The summed E-state index contributed by atoms with van der Waals surface area (Å²) < 4.78 is 9.20. The minimum atomic E-state index is -0.0658. The standard InChI is InChI=1S/C18H18N4O2S/c1-24-8-6-21-5-4-13-10-14(2-3-16(13)21)19-17(23)11-15-12-22-7-9-25-18(22)20-15/h2-5,7,9-10,12H,6,8,11H2,1H3,(H,19,23). The summed E-state index contributed by atoms with van der Waals surface area (Å²) in [6.45, 7) is 1.48. The summed E-state index contributed by atoms with van der Waals surface area (Å²) >= 11 is 1.56. The average Bonchev–Trinajstić information content (AvgIpc) is 3.27. The first-order valence-electron chi connectivity index (χ1n) is 8.02. The number of imidazole rings is 1. The third-order valence-electron chi connectivity index (χ3n) is 4.08. The minimum absolute atomic E-state index is 0.0658. The van der Waals surface area contributed by atoms with Crippen molar-refractivity contribution in [1.82, 2.24) is 14.0 Å². The average molecular weight is 354 g/mol. The van der Waals surface area contributed by atoms with E-state index in [0.717, 1.165) is 33.8 Å². The molecule has 1 amide bonds. The van der Waals surface area contributed by atoms with Gasteiger partial charge in [0.15, 0.2) is 4.96 Å². The van der Waals surface area contributed by atoms with Crippen molar-refractivity contribution in [3.05, 3.63) is 53.9 Å². The lowest BCUT2D eigenvalue weighted by Gasteiger charge is -2.07. The number of ether oxygens (including phenoxy) is 1. The van der Waals surface area contributed by atoms with Crippen molar-refractivity contribution < 1.29 is 9.53 Å². The molecule has 0 bridgehead atoms. The maximum Gasteiger partial charge on any atom is 0.230 e. The van der Waals surface area contributed by atoms with Crippen molar-refractivity contribution in [3.8, 4) is 0 Å². The van der Waals surface area contributed by atoms with E-state index >= 15 is 0 Å². The van der Waals surface area contributed by atoms with Gasteiger partial charge in [0.25, 0.3) is 0 Å². The van der Waals surface area contributed by atoms with Gasteiger partial charge >= 0.3 is 0 Å². The van der Waals surface area contributed by atoms with Gasteiger partial charge in [-0.2, -0.15) is 0 Å². The highest BCUT2D eigenvalue weighted by atomic mass is 32.1. The van der Waals surface area contributed by atoms with Gasteiger partial charge in [-0.05, 0) is 24.3 Å². The number of nitrogens with zero attached hydrogens (tertiary/aromatic N) is 3. The van der Waals surface area contributed by atoms with Crippen LogP contribution in [0, 0.1) is 0 Å². The van der Waals surface area contributed by atoms with Gasteiger partial charge in [-0.15, -0.1) is 11.3 Å². The number of carbonyl (C=O) groups is 1. The Morgan fingerprint density at radius 2 is 2.24 bits per heavy atom. The summed E-state index contributed by atoms with van der Waals surface area (Å²) in [4.78, 5) is 17.6. The normalized spacial score (nSPS) is 11.4. The molecular formula is C18H18N4O2S. The molecule has 0 aliphatic rings. The van der Waals surface area contributed by atoms with Gasteiger partial charge in [-0.3, -0.25) is 9.20 Å². The van der Waals surface area contributed by atoms with Crippen molar-refractivity contribution in [2.24, 2.45) is 0 Å². The first-order chi connectivity index (χ1) is 12.2. The first-order valence-corrected chi connectivity index (χ1v) is 8.89. The molecule has 3 aromatic heterocycles. The molecule has 0 unspecified atom stereocenters. The zero-order valence-electron chi connectivity index (χ0n) is 13.8. The molecule has 25 heavy (non-hydrogen) atoms. The number of carbonyl (C=O) groups excluding carboxylic acids is 1. The van der Waals surface area contributed by atoms with E-state index in [0.29, 0.717) is 6.61 Å². The van der Waals surface area contributed by atoms with Crippen molar-refractivity contribution in [2.45, 2.75) is 13.0 Å². The predicted octanol–water partition coefficient (Wildman–Crippen LogP) is 3.18. The highest BCUT2D eigenvalue weighted by Crippen LogP contribution is 2.21. The molecule has 1 N–H and O–H groups in total. The molecule has 0 atom stereocenters. The van der Waals surface area contributed by atoms with Crippen LogP contribution in [0.2, 0.25) is 0 Å². The van der Waals surface area contributed by atoms with E-state index in [9.17, 15) is 4.79 Å². The summed E-state index contributed by atoms with van der Waals surface area (Å²) in [5.41, 5.74) is 2.70. The number of fused-ring (bicyclic) bond motifs is 2. The second kappa shape index (κ2) is 6.70. The number of aromatic nitrogens is 3. The zero-order chi connectivity index (χ0) is 17.2. The Hall–Kier alpha value is -2.64. The lowest BCUT2D eigenvalue weighted by Crippen LogP contribution is -2.14. The Labute approximate surface area is 148 Å². The van der Waals surface area contributed by atoms with Crippen molar-refractivity contribution in [2.75, 3.05) is 19.0 Å². The van der Waals surface area contributed by atoms with Gasteiger partial charge in [0.1, 0.15) is 0 Å². The molecule has 0 saturated carbocycles. The molecule has 0 fully saturated rings. The maximum absolute atomic E-state index is 12.3. The first kappa shape index (κ1) is 15.9. The number of methoxy groups -OCH3 is 1. The number of anilines is 1. The fraction of sp³-hybridized carbons (Fsp3) is 0.222. The molecule has 6 nitrogen and oxygen atoms in total. The smallest absolute Gasteiger partial charge is 0.230 e. The Bertz CT molecular complexity index is 1000. The third-order valence-corrected chi connectivity index (χ3v) is 4.85. The molecule has 1 aromatic carbocycles. The van der Waals surface area contributed by atoms with Gasteiger partial charge in [0.2, 0.25) is 5.91 Å². The molecule has 7 heteroatoms. The topological polar surface area (TPSA) is 60.6 Å². The number of nitrogens with one attached hydrogen (secondary N) is 1. The van der Waals surface area contributed by atoms with E-state index in [-0.39, 0.29) is 12.3 Å². The van der Waals surface area contributed by atoms with Crippen LogP contribution in [0.3, 0.4) is 0 Å². The third kappa shape index (κ3) is 3.29. The van der Waals surface area contributed by atoms with E-state index in [4.69, 9.17) is 4.74 Å². The highest BCUT2D eigenvalue weighted by Gasteiger charge is 2.09. The molecule has 0 aliphatic carbocycles. The Morgan fingerprint density at radius 3 is 3.08 bits per heavy atom. The monoisotopic (exact) mass is 354 g/mol. The van der Waals surface area contributed by atoms with Gasteiger partial charge in [-0.1, -0.05) is 0 Å². The van der Waals surface area contributed by atoms with E-state index < -0.39 is 0 Å². The summed E-state index contributed by atoms with van der Waals surface area (Å²) in [5.74, 6) is -0.0658. The molecule has 4 rings (SSSR count). The van der Waals surface area contributed by atoms with Gasteiger partial charge in [0, 0.05) is 54.2 Å². The van der Waals surface area contributed by atoms with E-state index in [1.54, 1.807) is 18.4 Å². The molecular weight excluding hydrogens is 336 g/mol. The zero-order valence-corrected chi connectivity index (χ0v) is 14.6. The number of amides is 1. The molecule has 3 heterocycles. The highest BCUT2D eigenvalue weighted by molar-refractivity contribution is 7.15. The van der Waals surface area contributed by atoms with Crippen molar-refractivity contribution in [3.63, 3.8) is 0 Å². The van der Waals surface area contributed by atoms with Crippen LogP contribution in [-0.4, -0.2) is 33.6 Å². The van der Waals surface area contributed by atoms with Crippen LogP contribution in [0.4, 0.5) is 5.69 Å². The molecule has 0 saturated heterocycles. The summed E-state index contributed by atoms with van der Waals surface area (Å²) in [6.07, 6.45) is 6.13. The van der Waals surface area contributed by atoms with Crippen LogP contribution in [0.5, 0.6) is 0 Å². The minimum Gasteiger partial charge on any atom is -0.383 e. The Balaban J connectivity index is 1.46. The molecule has 0 radical (unpaired) electrons. The van der Waals surface area contributed by atoms with Crippen LogP contribution in [0.25, 0.3) is 15.9 Å². The largest absolute Gasteiger partial charge is 0.383 e. The SMILES string of the molecule is COCCn1ccc2cc(NC(=O)Cc3cn4ccsc4n3)ccc21. The predicted molar refractivity (Wildman–Crippen MR) is 99.2 cm³/mol.